The van der Waals surface area contributed by atoms with Crippen LogP contribution in [-0.2, 0) is 0 Å². The number of aromatic nitrogens is 2. The molecule has 0 aliphatic carbocycles. The first-order valence-corrected chi connectivity index (χ1v) is 6.08. The van der Waals surface area contributed by atoms with Gasteiger partial charge in [-0.25, -0.2) is 9.97 Å². The average Bonchev–Trinajstić information content (AvgIpc) is 2.33. The molecule has 7 heteroatoms. The number of hydrogen-bond donors (Lipinski definition) is 2. The maximum Gasteiger partial charge on any atom is 0.352 e. The lowest BCUT2D eigenvalue weighted by Crippen LogP contribution is -2.16. The van der Waals surface area contributed by atoms with E-state index in [1.807, 2.05) is 0 Å². The van der Waals surface area contributed by atoms with E-state index in [4.69, 9.17) is 5.73 Å². The Hall–Kier alpha value is -1.92. The standard InChI is InChI=1S/C11H19N5O2/c1-3-5-8(4-2)6-13-11-9(16(17)18)10(12)14-7-15-11/h7-8H,3-6H2,1-2H3,(H3,12,13,14,15). The third-order valence-corrected chi connectivity index (χ3v) is 2.87. The molecule has 0 saturated heterocycles. The van der Waals surface area contributed by atoms with Gasteiger partial charge in [-0.3, -0.25) is 10.1 Å². The van der Waals surface area contributed by atoms with Gasteiger partial charge in [-0.05, 0) is 12.3 Å². The molecule has 100 valence electrons. The van der Waals surface area contributed by atoms with Crippen molar-refractivity contribution in [1.29, 1.82) is 0 Å². The van der Waals surface area contributed by atoms with Gasteiger partial charge in [0.2, 0.25) is 11.6 Å². The van der Waals surface area contributed by atoms with Gasteiger partial charge in [-0.1, -0.05) is 26.7 Å². The lowest BCUT2D eigenvalue weighted by Gasteiger charge is -2.14. The second-order valence-corrected chi connectivity index (χ2v) is 4.16. The predicted molar refractivity (Wildman–Crippen MR) is 70.3 cm³/mol. The van der Waals surface area contributed by atoms with E-state index in [9.17, 15) is 10.1 Å². The highest BCUT2D eigenvalue weighted by molar-refractivity contribution is 5.67. The Labute approximate surface area is 106 Å². The van der Waals surface area contributed by atoms with Crippen LogP contribution in [0, 0.1) is 16.0 Å². The number of nitrogens with zero attached hydrogens (tertiary/aromatic N) is 3. The molecule has 0 amide bonds. The minimum Gasteiger partial charge on any atom is -0.378 e. The van der Waals surface area contributed by atoms with Crippen molar-refractivity contribution in [2.45, 2.75) is 33.1 Å². The van der Waals surface area contributed by atoms with Crippen LogP contribution in [0.5, 0.6) is 0 Å². The summed E-state index contributed by atoms with van der Waals surface area (Å²) >= 11 is 0. The molecule has 0 saturated carbocycles. The lowest BCUT2D eigenvalue weighted by molar-refractivity contribution is -0.383. The fourth-order valence-corrected chi connectivity index (χ4v) is 1.80. The molecule has 0 bridgehead atoms. The van der Waals surface area contributed by atoms with Gasteiger partial charge >= 0.3 is 5.69 Å². The number of nitrogens with two attached hydrogens (primary N) is 1. The largest absolute Gasteiger partial charge is 0.378 e. The highest BCUT2D eigenvalue weighted by atomic mass is 16.6. The van der Waals surface area contributed by atoms with Crippen LogP contribution < -0.4 is 11.1 Å². The lowest BCUT2D eigenvalue weighted by atomic mass is 10.0. The van der Waals surface area contributed by atoms with Gasteiger partial charge in [-0.2, -0.15) is 0 Å². The van der Waals surface area contributed by atoms with E-state index in [0.29, 0.717) is 12.5 Å². The normalized spacial score (nSPS) is 12.1. The summed E-state index contributed by atoms with van der Waals surface area (Å²) in [6, 6.07) is 0. The predicted octanol–water partition coefficient (Wildman–Crippen LogP) is 2.21. The van der Waals surface area contributed by atoms with Crippen LogP contribution in [0.1, 0.15) is 33.1 Å². The molecule has 0 spiro atoms. The van der Waals surface area contributed by atoms with Crippen molar-refractivity contribution < 1.29 is 4.92 Å². The molecule has 1 aromatic rings. The zero-order valence-corrected chi connectivity index (χ0v) is 10.7. The molecule has 1 aromatic heterocycles. The van der Waals surface area contributed by atoms with Crippen molar-refractivity contribution in [3.63, 3.8) is 0 Å². The van der Waals surface area contributed by atoms with Crippen LogP contribution in [0.2, 0.25) is 0 Å². The number of nitrogen functional groups attached to an aromatic ring is 1. The molecule has 0 aliphatic heterocycles. The van der Waals surface area contributed by atoms with E-state index in [-0.39, 0.29) is 17.3 Å². The van der Waals surface area contributed by atoms with Gasteiger partial charge in [0, 0.05) is 6.54 Å². The number of rotatable bonds is 7. The first-order valence-electron chi connectivity index (χ1n) is 6.08. The van der Waals surface area contributed by atoms with Crippen molar-refractivity contribution in [3.05, 3.63) is 16.4 Å². The molecule has 7 nitrogen and oxygen atoms in total. The molecule has 1 heterocycles. The Balaban J connectivity index is 2.78. The van der Waals surface area contributed by atoms with Gasteiger partial charge in [0.1, 0.15) is 6.33 Å². The molecule has 1 atom stereocenters. The topological polar surface area (TPSA) is 107 Å². The molecule has 1 unspecified atom stereocenters. The minimum absolute atomic E-state index is 0.110. The minimum atomic E-state index is -0.557. The first kappa shape index (κ1) is 14.1. The summed E-state index contributed by atoms with van der Waals surface area (Å²) in [6.07, 6.45) is 4.42. The quantitative estimate of drug-likeness (QED) is 0.569. The van der Waals surface area contributed by atoms with E-state index < -0.39 is 4.92 Å². The van der Waals surface area contributed by atoms with Gasteiger partial charge < -0.3 is 11.1 Å². The Morgan fingerprint density at radius 1 is 1.50 bits per heavy atom. The zero-order valence-electron chi connectivity index (χ0n) is 10.7. The summed E-state index contributed by atoms with van der Waals surface area (Å²) in [4.78, 5) is 17.8. The fourth-order valence-electron chi connectivity index (χ4n) is 1.80. The van der Waals surface area contributed by atoms with Crippen LogP contribution in [0.25, 0.3) is 0 Å². The summed E-state index contributed by atoms with van der Waals surface area (Å²) in [6.45, 7) is 4.88. The second-order valence-electron chi connectivity index (χ2n) is 4.16. The summed E-state index contributed by atoms with van der Waals surface area (Å²) in [7, 11) is 0. The molecule has 1 rings (SSSR count). The third-order valence-electron chi connectivity index (χ3n) is 2.87. The molecular weight excluding hydrogens is 234 g/mol. The van der Waals surface area contributed by atoms with Gasteiger partial charge in [0.15, 0.2) is 0 Å². The van der Waals surface area contributed by atoms with E-state index in [2.05, 4.69) is 29.1 Å². The van der Waals surface area contributed by atoms with E-state index >= 15 is 0 Å². The highest BCUT2D eigenvalue weighted by Gasteiger charge is 2.21. The Morgan fingerprint density at radius 3 is 2.78 bits per heavy atom. The monoisotopic (exact) mass is 253 g/mol. The van der Waals surface area contributed by atoms with Crippen LogP contribution in [-0.4, -0.2) is 21.4 Å². The van der Waals surface area contributed by atoms with Crippen molar-refractivity contribution >= 4 is 17.3 Å². The van der Waals surface area contributed by atoms with Crippen molar-refractivity contribution in [1.82, 2.24) is 9.97 Å². The maximum absolute atomic E-state index is 10.9. The van der Waals surface area contributed by atoms with Crippen LogP contribution in [0.4, 0.5) is 17.3 Å². The average molecular weight is 253 g/mol. The Morgan fingerprint density at radius 2 is 2.22 bits per heavy atom. The van der Waals surface area contributed by atoms with Crippen molar-refractivity contribution in [2.24, 2.45) is 5.92 Å². The van der Waals surface area contributed by atoms with Crippen LogP contribution in [0.3, 0.4) is 0 Å². The number of nitro groups is 1. The number of hydrogen-bond acceptors (Lipinski definition) is 6. The number of nitrogens with one attached hydrogen (secondary N) is 1. The molecule has 0 aromatic carbocycles. The smallest absolute Gasteiger partial charge is 0.352 e. The summed E-state index contributed by atoms with van der Waals surface area (Å²) in [5.74, 6) is 0.564. The fraction of sp³-hybridized carbons (Fsp3) is 0.636. The molecular formula is C11H19N5O2. The number of anilines is 2. The first-order chi connectivity index (χ1) is 8.60. The SMILES string of the molecule is CCCC(CC)CNc1ncnc(N)c1[N+](=O)[O-]. The summed E-state index contributed by atoms with van der Waals surface area (Å²) < 4.78 is 0. The molecule has 3 N–H and O–H groups in total. The van der Waals surface area contributed by atoms with E-state index in [1.54, 1.807) is 0 Å². The summed E-state index contributed by atoms with van der Waals surface area (Å²) in [5, 5.41) is 13.9. The Kier molecular flexibility index (Phi) is 5.29. The van der Waals surface area contributed by atoms with Gasteiger partial charge in [-0.15, -0.1) is 0 Å². The highest BCUT2D eigenvalue weighted by Crippen LogP contribution is 2.26. The third kappa shape index (κ3) is 3.54. The molecule has 0 fully saturated rings. The zero-order chi connectivity index (χ0) is 13.5. The van der Waals surface area contributed by atoms with E-state index in [0.717, 1.165) is 19.3 Å². The van der Waals surface area contributed by atoms with E-state index in [1.165, 1.54) is 6.33 Å². The second kappa shape index (κ2) is 6.73. The molecule has 18 heavy (non-hydrogen) atoms. The Bertz CT molecular complexity index is 410. The molecule has 0 radical (unpaired) electrons. The summed E-state index contributed by atoms with van der Waals surface area (Å²) in [5.41, 5.74) is 5.24. The van der Waals surface area contributed by atoms with Crippen LogP contribution in [0.15, 0.2) is 6.33 Å². The maximum atomic E-state index is 10.9. The van der Waals surface area contributed by atoms with Gasteiger partial charge in [0.25, 0.3) is 0 Å². The van der Waals surface area contributed by atoms with Crippen LogP contribution >= 0.6 is 0 Å². The molecule has 0 aliphatic rings. The van der Waals surface area contributed by atoms with Crippen molar-refractivity contribution in [3.8, 4) is 0 Å². The van der Waals surface area contributed by atoms with Crippen molar-refractivity contribution in [2.75, 3.05) is 17.6 Å². The van der Waals surface area contributed by atoms with Gasteiger partial charge in [0.05, 0.1) is 4.92 Å².